The second-order valence-corrected chi connectivity index (χ2v) is 11.4. The number of rotatable bonds is 11. The fraction of sp³-hybridized carbons (Fsp3) is 0.364. The lowest BCUT2D eigenvalue weighted by Crippen LogP contribution is -2.22. The van der Waals surface area contributed by atoms with Crippen molar-refractivity contribution in [2.75, 3.05) is 13.2 Å². The van der Waals surface area contributed by atoms with Crippen LogP contribution in [-0.2, 0) is 22.3 Å². The quantitative estimate of drug-likeness (QED) is 0.209. The molecule has 0 aliphatic rings. The second kappa shape index (κ2) is 13.3. The van der Waals surface area contributed by atoms with Gasteiger partial charge in [-0.05, 0) is 113 Å². The first-order chi connectivity index (χ1) is 18.8. The number of ether oxygens (including phenoxy) is 4. The molecule has 0 aromatic heterocycles. The molecule has 0 atom stereocenters. The van der Waals surface area contributed by atoms with Crippen LogP contribution in [0, 0.1) is 5.41 Å². The van der Waals surface area contributed by atoms with Gasteiger partial charge in [0.25, 0.3) is 0 Å². The van der Waals surface area contributed by atoms with Crippen molar-refractivity contribution in [3.8, 4) is 11.5 Å². The van der Waals surface area contributed by atoms with Crippen LogP contribution in [0.15, 0.2) is 66.7 Å². The van der Waals surface area contributed by atoms with Crippen LogP contribution < -0.4 is 9.47 Å². The van der Waals surface area contributed by atoms with Gasteiger partial charge in [0.05, 0.1) is 24.3 Å². The topological polar surface area (TPSA) is 94.9 Å². The van der Waals surface area contributed by atoms with Gasteiger partial charge in [-0.2, -0.15) is 0 Å². The number of hydrogen-bond acceptors (Lipinski definition) is 7. The van der Waals surface area contributed by atoms with Crippen LogP contribution in [0.5, 0.6) is 11.5 Å². The number of esters is 2. The zero-order valence-electron chi connectivity index (χ0n) is 24.2. The molecule has 212 valence electrons. The van der Waals surface area contributed by atoms with Crippen LogP contribution in [0.3, 0.4) is 0 Å². The summed E-state index contributed by atoms with van der Waals surface area (Å²) in [6.45, 7) is 12.2. The third-order valence-electron chi connectivity index (χ3n) is 5.62. The van der Waals surface area contributed by atoms with Gasteiger partial charge in [0.1, 0.15) is 22.7 Å². The van der Waals surface area contributed by atoms with Gasteiger partial charge in [0, 0.05) is 19.1 Å². The molecule has 0 radical (unpaired) electrons. The Bertz CT molecular complexity index is 1300. The van der Waals surface area contributed by atoms with E-state index in [0.717, 1.165) is 16.7 Å². The van der Waals surface area contributed by atoms with E-state index >= 15 is 0 Å². The molecular formula is C33H39NO6. The van der Waals surface area contributed by atoms with Gasteiger partial charge in [-0.1, -0.05) is 12.1 Å². The average Bonchev–Trinajstić information content (AvgIpc) is 2.88. The molecule has 0 aliphatic carbocycles. The molecule has 0 unspecified atom stereocenters. The zero-order valence-corrected chi connectivity index (χ0v) is 24.2. The minimum atomic E-state index is -0.409. The summed E-state index contributed by atoms with van der Waals surface area (Å²) in [5.41, 5.74) is 2.86. The summed E-state index contributed by atoms with van der Waals surface area (Å²) < 4.78 is 22.4. The Labute approximate surface area is 236 Å². The van der Waals surface area contributed by atoms with Crippen LogP contribution in [0.25, 0.3) is 0 Å². The molecular weight excluding hydrogens is 506 g/mol. The molecule has 3 aromatic carbocycles. The monoisotopic (exact) mass is 545 g/mol. The predicted octanol–water partition coefficient (Wildman–Crippen LogP) is 6.84. The Kier molecular flexibility index (Phi) is 10.1. The maximum atomic E-state index is 12.4. The Morgan fingerprint density at radius 3 is 1.55 bits per heavy atom. The van der Waals surface area contributed by atoms with Crippen molar-refractivity contribution in [2.45, 2.75) is 65.6 Å². The molecule has 0 fully saturated rings. The van der Waals surface area contributed by atoms with Crippen molar-refractivity contribution in [1.82, 2.24) is 0 Å². The summed E-state index contributed by atoms with van der Waals surface area (Å²) in [5.74, 6) is 0.575. The highest BCUT2D eigenvalue weighted by Gasteiger charge is 2.15. The van der Waals surface area contributed by atoms with Crippen LogP contribution in [-0.4, -0.2) is 42.6 Å². The highest BCUT2D eigenvalue weighted by molar-refractivity contribution is 5.90. The Morgan fingerprint density at radius 1 is 0.675 bits per heavy atom. The van der Waals surface area contributed by atoms with Crippen molar-refractivity contribution in [1.29, 1.82) is 5.41 Å². The van der Waals surface area contributed by atoms with Crippen LogP contribution >= 0.6 is 0 Å². The molecule has 3 aromatic rings. The van der Waals surface area contributed by atoms with E-state index < -0.39 is 11.9 Å². The van der Waals surface area contributed by atoms with Gasteiger partial charge < -0.3 is 24.4 Å². The lowest BCUT2D eigenvalue weighted by Gasteiger charge is -2.21. The van der Waals surface area contributed by atoms with Gasteiger partial charge in [-0.3, -0.25) is 0 Å². The molecule has 0 saturated heterocycles. The van der Waals surface area contributed by atoms with Gasteiger partial charge in [-0.15, -0.1) is 0 Å². The smallest absolute Gasteiger partial charge is 0.338 e. The standard InChI is InChI=1S/C33H39NO6/c1-32(2,3)39-28-13-9-25(10-14-28)30(35)37-19-17-23-7-8-24(27(21-23)22-34)18-20-38-31(36)26-11-15-29(16-12-26)40-33(4,5)6/h7-16,21-22,34H,17-20H2,1-6H3. The fourth-order valence-corrected chi connectivity index (χ4v) is 3.87. The molecule has 40 heavy (non-hydrogen) atoms. The average molecular weight is 546 g/mol. The second-order valence-electron chi connectivity index (χ2n) is 11.4. The van der Waals surface area contributed by atoms with Gasteiger partial charge in [0.15, 0.2) is 0 Å². The first-order valence-corrected chi connectivity index (χ1v) is 13.4. The Balaban J connectivity index is 1.47. The summed E-state index contributed by atoms with van der Waals surface area (Å²) in [6, 6.07) is 19.5. The van der Waals surface area contributed by atoms with E-state index in [-0.39, 0.29) is 24.4 Å². The summed E-state index contributed by atoms with van der Waals surface area (Å²) in [7, 11) is 0. The maximum absolute atomic E-state index is 12.4. The molecule has 3 rings (SSSR count). The largest absolute Gasteiger partial charge is 0.488 e. The summed E-state index contributed by atoms with van der Waals surface area (Å²) in [5, 5.41) is 7.81. The summed E-state index contributed by atoms with van der Waals surface area (Å²) in [6.07, 6.45) is 2.27. The van der Waals surface area contributed by atoms with E-state index in [0.29, 0.717) is 35.5 Å². The van der Waals surface area contributed by atoms with E-state index in [9.17, 15) is 9.59 Å². The van der Waals surface area contributed by atoms with Crippen molar-refractivity contribution in [3.05, 3.63) is 94.5 Å². The normalized spacial score (nSPS) is 11.4. The lowest BCUT2D eigenvalue weighted by molar-refractivity contribution is 0.0499. The molecule has 7 heteroatoms. The fourth-order valence-electron chi connectivity index (χ4n) is 3.87. The third kappa shape index (κ3) is 9.88. The Hall–Kier alpha value is -4.13. The number of hydrogen-bond donors (Lipinski definition) is 1. The van der Waals surface area contributed by atoms with Gasteiger partial charge >= 0.3 is 11.9 Å². The first-order valence-electron chi connectivity index (χ1n) is 13.4. The highest BCUT2D eigenvalue weighted by Crippen LogP contribution is 2.20. The van der Waals surface area contributed by atoms with E-state index in [1.165, 1.54) is 6.21 Å². The molecule has 0 heterocycles. The number of nitrogens with one attached hydrogen (secondary N) is 1. The van der Waals surface area contributed by atoms with Crippen molar-refractivity contribution >= 4 is 18.2 Å². The molecule has 7 nitrogen and oxygen atoms in total. The summed E-state index contributed by atoms with van der Waals surface area (Å²) >= 11 is 0. The molecule has 0 saturated carbocycles. The third-order valence-corrected chi connectivity index (χ3v) is 5.62. The van der Waals surface area contributed by atoms with Gasteiger partial charge in [0.2, 0.25) is 0 Å². The predicted molar refractivity (Wildman–Crippen MR) is 156 cm³/mol. The molecule has 0 spiro atoms. The molecule has 0 aliphatic heterocycles. The minimum Gasteiger partial charge on any atom is -0.488 e. The van der Waals surface area contributed by atoms with E-state index in [1.54, 1.807) is 48.5 Å². The Morgan fingerprint density at radius 2 is 1.12 bits per heavy atom. The maximum Gasteiger partial charge on any atom is 0.338 e. The van der Waals surface area contributed by atoms with Gasteiger partial charge in [-0.25, -0.2) is 9.59 Å². The number of carbonyl (C=O) groups is 2. The number of benzene rings is 3. The van der Waals surface area contributed by atoms with E-state index in [2.05, 4.69) is 0 Å². The molecule has 0 amide bonds. The van der Waals surface area contributed by atoms with Crippen molar-refractivity contribution in [3.63, 3.8) is 0 Å². The summed E-state index contributed by atoms with van der Waals surface area (Å²) in [4.78, 5) is 24.8. The SMILES string of the molecule is CC(C)(C)Oc1ccc(C(=O)OCCc2ccc(CCOC(=O)c3ccc(OC(C)(C)C)cc3)c(C=N)c2)cc1. The lowest BCUT2D eigenvalue weighted by atomic mass is 10.0. The zero-order chi connectivity index (χ0) is 29.3. The van der Waals surface area contributed by atoms with E-state index in [1.807, 2.05) is 59.7 Å². The molecule has 0 bridgehead atoms. The first kappa shape index (κ1) is 30.4. The van der Waals surface area contributed by atoms with Crippen LogP contribution in [0.4, 0.5) is 0 Å². The van der Waals surface area contributed by atoms with E-state index in [4.69, 9.17) is 24.4 Å². The number of carbonyl (C=O) groups excluding carboxylic acids is 2. The van der Waals surface area contributed by atoms with Crippen molar-refractivity contribution in [2.24, 2.45) is 0 Å². The van der Waals surface area contributed by atoms with Crippen LogP contribution in [0.1, 0.15) is 78.9 Å². The highest BCUT2D eigenvalue weighted by atomic mass is 16.5. The van der Waals surface area contributed by atoms with Crippen molar-refractivity contribution < 1.29 is 28.5 Å². The van der Waals surface area contributed by atoms with Crippen LogP contribution in [0.2, 0.25) is 0 Å². The minimum absolute atomic E-state index is 0.191. The molecule has 1 N–H and O–H groups in total.